The first-order valence-corrected chi connectivity index (χ1v) is 5.12. The van der Waals surface area contributed by atoms with Gasteiger partial charge in [-0.1, -0.05) is 0 Å². The van der Waals surface area contributed by atoms with E-state index in [1.807, 2.05) is 6.92 Å². The number of piperidine rings is 1. The minimum Gasteiger partial charge on any atom is -0.392 e. The van der Waals surface area contributed by atoms with Crippen LogP contribution in [-0.4, -0.2) is 29.1 Å². The van der Waals surface area contributed by atoms with Gasteiger partial charge in [-0.25, -0.2) is 0 Å². The Morgan fingerprint density at radius 1 is 1.54 bits per heavy atom. The van der Waals surface area contributed by atoms with E-state index >= 15 is 0 Å². The summed E-state index contributed by atoms with van der Waals surface area (Å²) >= 11 is 0. The van der Waals surface area contributed by atoms with E-state index in [1.54, 1.807) is 0 Å². The van der Waals surface area contributed by atoms with E-state index in [0.717, 1.165) is 12.8 Å². The molecule has 0 unspecified atom stereocenters. The molecule has 0 bridgehead atoms. The highest BCUT2D eigenvalue weighted by Gasteiger charge is 2.37. The van der Waals surface area contributed by atoms with Gasteiger partial charge < -0.3 is 10.4 Å². The highest BCUT2D eigenvalue weighted by Crippen LogP contribution is 2.30. The molecule has 2 N–H and O–H groups in total. The van der Waals surface area contributed by atoms with Crippen molar-refractivity contribution in [3.05, 3.63) is 0 Å². The first-order chi connectivity index (χ1) is 6.16. The summed E-state index contributed by atoms with van der Waals surface area (Å²) in [4.78, 5) is 11.2. The van der Waals surface area contributed by atoms with Crippen molar-refractivity contribution in [3.8, 4) is 0 Å². The second-order valence-electron chi connectivity index (χ2n) is 4.41. The Hall–Kier alpha value is -0.410. The lowest BCUT2D eigenvalue weighted by atomic mass is 9.76. The summed E-state index contributed by atoms with van der Waals surface area (Å²) in [6.45, 7) is 1.99. The molecular formula is C10H17NO2. The summed E-state index contributed by atoms with van der Waals surface area (Å²) in [5.41, 5.74) is 0. The molecule has 3 heteroatoms. The molecule has 74 valence electrons. The van der Waals surface area contributed by atoms with E-state index in [-0.39, 0.29) is 12.1 Å². The van der Waals surface area contributed by atoms with E-state index in [4.69, 9.17) is 0 Å². The van der Waals surface area contributed by atoms with Crippen molar-refractivity contribution in [3.63, 3.8) is 0 Å². The summed E-state index contributed by atoms with van der Waals surface area (Å²) in [7, 11) is 0. The Morgan fingerprint density at radius 2 is 2.31 bits per heavy atom. The zero-order valence-electron chi connectivity index (χ0n) is 7.99. The average molecular weight is 183 g/mol. The van der Waals surface area contributed by atoms with Crippen molar-refractivity contribution < 1.29 is 9.90 Å². The van der Waals surface area contributed by atoms with E-state index in [2.05, 4.69) is 5.32 Å². The van der Waals surface area contributed by atoms with Crippen molar-refractivity contribution >= 4 is 5.78 Å². The van der Waals surface area contributed by atoms with Crippen LogP contribution < -0.4 is 5.32 Å². The molecule has 4 atom stereocenters. The van der Waals surface area contributed by atoms with Crippen LogP contribution in [0.4, 0.5) is 0 Å². The minimum absolute atomic E-state index is 0.146. The number of nitrogens with one attached hydrogen (secondary N) is 1. The van der Waals surface area contributed by atoms with Crippen molar-refractivity contribution in [2.45, 2.75) is 50.8 Å². The van der Waals surface area contributed by atoms with Gasteiger partial charge in [0.25, 0.3) is 0 Å². The Bertz CT molecular complexity index is 217. The van der Waals surface area contributed by atoms with Gasteiger partial charge in [0.1, 0.15) is 5.78 Å². The Morgan fingerprint density at radius 3 is 3.08 bits per heavy atom. The van der Waals surface area contributed by atoms with Crippen molar-refractivity contribution in [2.75, 3.05) is 0 Å². The molecule has 0 spiro atoms. The van der Waals surface area contributed by atoms with Crippen LogP contribution in [0.25, 0.3) is 0 Å². The first-order valence-electron chi connectivity index (χ1n) is 5.12. The number of carbonyl (C=O) groups excluding carboxylic acids is 1. The normalized spacial score (nSPS) is 45.8. The van der Waals surface area contributed by atoms with E-state index in [1.165, 1.54) is 0 Å². The Balaban J connectivity index is 2.02. The third-order valence-electron chi connectivity index (χ3n) is 3.41. The van der Waals surface area contributed by atoms with Crippen LogP contribution in [0.3, 0.4) is 0 Å². The number of hydrogen-bond donors (Lipinski definition) is 2. The second kappa shape index (κ2) is 3.39. The minimum atomic E-state index is -0.227. The highest BCUT2D eigenvalue weighted by atomic mass is 16.3. The molecule has 0 aromatic heterocycles. The van der Waals surface area contributed by atoms with Gasteiger partial charge in [0.05, 0.1) is 6.10 Å². The SMILES string of the molecule is C[C@@H]1N[C@H]2CC(=O)CC[C@H]2C[C@@H]1O. The van der Waals surface area contributed by atoms with Crippen LogP contribution >= 0.6 is 0 Å². The third-order valence-corrected chi connectivity index (χ3v) is 3.41. The van der Waals surface area contributed by atoms with Gasteiger partial charge in [0.2, 0.25) is 0 Å². The van der Waals surface area contributed by atoms with Gasteiger partial charge in [0, 0.05) is 24.9 Å². The van der Waals surface area contributed by atoms with Crippen molar-refractivity contribution in [1.82, 2.24) is 5.32 Å². The van der Waals surface area contributed by atoms with Crippen LogP contribution in [0, 0.1) is 5.92 Å². The maximum Gasteiger partial charge on any atom is 0.134 e. The lowest BCUT2D eigenvalue weighted by Gasteiger charge is -2.41. The predicted octanol–water partition coefficient (Wildman–Crippen LogP) is 0.467. The third kappa shape index (κ3) is 1.76. The molecule has 1 aliphatic carbocycles. The number of ketones is 1. The predicted molar refractivity (Wildman–Crippen MR) is 49.4 cm³/mol. The van der Waals surface area contributed by atoms with Crippen molar-refractivity contribution in [2.24, 2.45) is 5.92 Å². The number of aliphatic hydroxyl groups is 1. The van der Waals surface area contributed by atoms with Gasteiger partial charge in [0.15, 0.2) is 0 Å². The fourth-order valence-electron chi connectivity index (χ4n) is 2.50. The zero-order valence-corrected chi connectivity index (χ0v) is 7.99. The summed E-state index contributed by atoms with van der Waals surface area (Å²) < 4.78 is 0. The quantitative estimate of drug-likeness (QED) is 0.574. The van der Waals surface area contributed by atoms with Crippen LogP contribution in [0.15, 0.2) is 0 Å². The lowest BCUT2D eigenvalue weighted by Crippen LogP contribution is -2.55. The lowest BCUT2D eigenvalue weighted by molar-refractivity contribution is -0.123. The first kappa shape index (κ1) is 9.16. The van der Waals surface area contributed by atoms with Crippen LogP contribution in [0.2, 0.25) is 0 Å². The Kier molecular flexibility index (Phi) is 2.39. The fraction of sp³-hybridized carbons (Fsp3) is 0.900. The maximum absolute atomic E-state index is 11.2. The summed E-state index contributed by atoms with van der Waals surface area (Å²) in [6, 6.07) is 0.479. The molecule has 1 saturated carbocycles. The smallest absolute Gasteiger partial charge is 0.134 e. The molecule has 1 saturated heterocycles. The molecule has 0 aromatic rings. The van der Waals surface area contributed by atoms with E-state index in [0.29, 0.717) is 30.6 Å². The van der Waals surface area contributed by atoms with Crippen LogP contribution in [-0.2, 0) is 4.79 Å². The average Bonchev–Trinajstić information content (AvgIpc) is 2.08. The molecular weight excluding hydrogens is 166 g/mol. The maximum atomic E-state index is 11.2. The molecule has 2 rings (SSSR count). The van der Waals surface area contributed by atoms with E-state index < -0.39 is 0 Å². The summed E-state index contributed by atoms with van der Waals surface area (Å²) in [5.74, 6) is 0.890. The number of hydrogen-bond acceptors (Lipinski definition) is 3. The monoisotopic (exact) mass is 183 g/mol. The van der Waals surface area contributed by atoms with Gasteiger partial charge in [-0.05, 0) is 25.7 Å². The molecule has 13 heavy (non-hydrogen) atoms. The van der Waals surface area contributed by atoms with Gasteiger partial charge >= 0.3 is 0 Å². The molecule has 0 amide bonds. The van der Waals surface area contributed by atoms with Crippen LogP contribution in [0.1, 0.15) is 32.6 Å². The molecule has 2 aliphatic rings. The van der Waals surface area contributed by atoms with E-state index in [9.17, 15) is 9.90 Å². The molecule has 0 aromatic carbocycles. The molecule has 2 fully saturated rings. The van der Waals surface area contributed by atoms with Gasteiger partial charge in [-0.2, -0.15) is 0 Å². The van der Waals surface area contributed by atoms with Crippen molar-refractivity contribution in [1.29, 1.82) is 0 Å². The Labute approximate surface area is 78.5 Å². The standard InChI is InChI=1S/C10H17NO2/c1-6-10(13)4-7-2-3-8(12)5-9(7)11-6/h6-7,9-11,13H,2-5H2,1H3/t6-,7-,9-,10-/m0/s1. The number of carbonyl (C=O) groups is 1. The zero-order chi connectivity index (χ0) is 9.42. The highest BCUT2D eigenvalue weighted by molar-refractivity contribution is 5.79. The summed E-state index contributed by atoms with van der Waals surface area (Å²) in [6.07, 6.45) is 2.98. The number of Topliss-reactive ketones (excluding diaryl/α,β-unsaturated/α-hetero) is 1. The number of fused-ring (bicyclic) bond motifs is 1. The molecule has 0 radical (unpaired) electrons. The molecule has 3 nitrogen and oxygen atoms in total. The largest absolute Gasteiger partial charge is 0.392 e. The number of rotatable bonds is 0. The summed E-state index contributed by atoms with van der Waals surface area (Å²) in [5, 5.41) is 13.0. The van der Waals surface area contributed by atoms with Gasteiger partial charge in [-0.15, -0.1) is 0 Å². The number of aliphatic hydroxyl groups excluding tert-OH is 1. The topological polar surface area (TPSA) is 49.3 Å². The van der Waals surface area contributed by atoms with Gasteiger partial charge in [-0.3, -0.25) is 4.79 Å². The molecule has 1 aliphatic heterocycles. The molecule has 1 heterocycles. The van der Waals surface area contributed by atoms with Crippen LogP contribution in [0.5, 0.6) is 0 Å². The second-order valence-corrected chi connectivity index (χ2v) is 4.41. The fourth-order valence-corrected chi connectivity index (χ4v) is 2.50.